The molecule has 2 aromatic rings. The summed E-state index contributed by atoms with van der Waals surface area (Å²) >= 11 is 0. The molecule has 0 aromatic heterocycles. The van der Waals surface area contributed by atoms with Crippen LogP contribution < -0.4 is 0 Å². The van der Waals surface area contributed by atoms with Crippen molar-refractivity contribution in [2.75, 3.05) is 0 Å². The van der Waals surface area contributed by atoms with Gasteiger partial charge < -0.3 is 10.3 Å². The maximum atomic E-state index is 11.0. The van der Waals surface area contributed by atoms with Crippen molar-refractivity contribution in [2.45, 2.75) is 40.0 Å². The molecule has 33 heavy (non-hydrogen) atoms. The minimum Gasteiger partial charge on any atom is -0.478 e. The first-order valence-corrected chi connectivity index (χ1v) is 11.1. The van der Waals surface area contributed by atoms with Gasteiger partial charge in [0, 0.05) is 0 Å². The largest absolute Gasteiger partial charge is 0.478 e. The Bertz CT molecular complexity index is 1130. The molecule has 0 fully saturated rings. The molecule has 4 heteroatoms. The summed E-state index contributed by atoms with van der Waals surface area (Å²) in [5, 5.41) is 22.3. The van der Waals surface area contributed by atoms with E-state index in [4.69, 9.17) is 5.11 Å². The third kappa shape index (κ3) is 6.91. The van der Waals surface area contributed by atoms with E-state index in [1.54, 1.807) is 30.3 Å². The number of aryl methyl sites for hydroxylation is 1. The number of carbonyl (C=O) groups is 1. The van der Waals surface area contributed by atoms with Gasteiger partial charge in [-0.1, -0.05) is 91.3 Å². The zero-order chi connectivity index (χ0) is 23.8. The van der Waals surface area contributed by atoms with Crippen LogP contribution in [0.2, 0.25) is 0 Å². The number of hydrogen-bond donors (Lipinski definition) is 2. The lowest BCUT2D eigenvalue weighted by molar-refractivity contribution is 0.0697. The molecule has 0 spiro atoms. The third-order valence-corrected chi connectivity index (χ3v) is 5.83. The van der Waals surface area contributed by atoms with E-state index in [0.717, 1.165) is 30.4 Å². The molecule has 0 amide bonds. The highest BCUT2D eigenvalue weighted by Gasteiger charge is 2.17. The highest BCUT2D eigenvalue weighted by Crippen LogP contribution is 2.31. The van der Waals surface area contributed by atoms with Crippen molar-refractivity contribution in [3.05, 3.63) is 107 Å². The Morgan fingerprint density at radius 3 is 2.30 bits per heavy atom. The first-order chi connectivity index (χ1) is 15.8. The van der Waals surface area contributed by atoms with Crippen LogP contribution in [0.25, 0.3) is 11.6 Å². The maximum absolute atomic E-state index is 11.0. The molecule has 0 aliphatic heterocycles. The van der Waals surface area contributed by atoms with Crippen LogP contribution in [0.3, 0.4) is 0 Å². The van der Waals surface area contributed by atoms with Gasteiger partial charge in [0.15, 0.2) is 0 Å². The Balaban J connectivity index is 1.85. The summed E-state index contributed by atoms with van der Waals surface area (Å²) in [6.07, 6.45) is 14.7. The van der Waals surface area contributed by atoms with Gasteiger partial charge in [-0.05, 0) is 72.1 Å². The van der Waals surface area contributed by atoms with Crippen LogP contribution in [0.15, 0.2) is 89.6 Å². The SMILES string of the molecule is Cc1ccc(/C2=C/CC(C)(C)C/C=C(C(/C=C/c3ccc(C(=O)O)cc3)=N\O)\C=C/C2)cc1. The third-order valence-electron chi connectivity index (χ3n) is 5.83. The summed E-state index contributed by atoms with van der Waals surface area (Å²) in [6, 6.07) is 15.2. The summed E-state index contributed by atoms with van der Waals surface area (Å²) in [6.45, 7) is 6.58. The van der Waals surface area contributed by atoms with Gasteiger partial charge >= 0.3 is 5.97 Å². The van der Waals surface area contributed by atoms with E-state index in [9.17, 15) is 10.0 Å². The maximum Gasteiger partial charge on any atom is 0.335 e. The normalized spacial score (nSPS) is 21.0. The molecule has 170 valence electrons. The second-order valence-corrected chi connectivity index (χ2v) is 9.18. The van der Waals surface area contributed by atoms with E-state index < -0.39 is 5.97 Å². The van der Waals surface area contributed by atoms with Crippen molar-refractivity contribution in [1.29, 1.82) is 0 Å². The second-order valence-electron chi connectivity index (χ2n) is 9.18. The smallest absolute Gasteiger partial charge is 0.335 e. The number of carboxylic acid groups (broad SMARTS) is 1. The molecule has 1 aliphatic rings. The van der Waals surface area contributed by atoms with E-state index in [-0.39, 0.29) is 11.0 Å². The van der Waals surface area contributed by atoms with Gasteiger partial charge in [0.05, 0.1) is 5.56 Å². The lowest BCUT2D eigenvalue weighted by atomic mass is 9.82. The van der Waals surface area contributed by atoms with Crippen LogP contribution in [0.4, 0.5) is 0 Å². The zero-order valence-corrected chi connectivity index (χ0v) is 19.5. The van der Waals surface area contributed by atoms with Gasteiger partial charge in [-0.15, -0.1) is 0 Å². The molecular weight excluding hydrogens is 410 g/mol. The van der Waals surface area contributed by atoms with Crippen molar-refractivity contribution >= 4 is 23.3 Å². The Hall–Kier alpha value is -3.66. The molecule has 0 saturated heterocycles. The Morgan fingerprint density at radius 1 is 1.00 bits per heavy atom. The number of rotatable bonds is 5. The lowest BCUT2D eigenvalue weighted by Gasteiger charge is -2.23. The van der Waals surface area contributed by atoms with Crippen LogP contribution in [-0.4, -0.2) is 22.0 Å². The molecule has 0 radical (unpaired) electrons. The molecule has 0 saturated carbocycles. The van der Waals surface area contributed by atoms with Crippen molar-refractivity contribution in [3.63, 3.8) is 0 Å². The van der Waals surface area contributed by atoms with Gasteiger partial charge in [-0.25, -0.2) is 4.79 Å². The van der Waals surface area contributed by atoms with Crippen molar-refractivity contribution in [2.24, 2.45) is 10.6 Å². The van der Waals surface area contributed by atoms with Gasteiger partial charge in [-0.3, -0.25) is 0 Å². The summed E-state index contributed by atoms with van der Waals surface area (Å²) in [4.78, 5) is 11.0. The lowest BCUT2D eigenvalue weighted by Crippen LogP contribution is -2.10. The highest BCUT2D eigenvalue weighted by atomic mass is 16.4. The number of carboxylic acids is 1. The number of allylic oxidation sites excluding steroid dienone is 7. The molecule has 0 bridgehead atoms. The van der Waals surface area contributed by atoms with E-state index in [1.807, 2.05) is 12.2 Å². The summed E-state index contributed by atoms with van der Waals surface area (Å²) in [5.41, 5.74) is 6.21. The van der Waals surface area contributed by atoms with Gasteiger partial charge in [0.2, 0.25) is 0 Å². The topological polar surface area (TPSA) is 69.9 Å². The molecule has 0 unspecified atom stereocenters. The fourth-order valence-corrected chi connectivity index (χ4v) is 3.63. The standard InChI is InChI=1S/C29H31NO3/c1-21-7-12-24(13-8-21)23-5-4-6-25(18-20-29(2,3)19-17-23)27(30-33)16-11-22-9-14-26(15-10-22)28(31)32/h4,6-18,33H,5,19-20H2,1-3H3,(H,31,32)/b6-4-,16-11+,23-17+,25-18+,30-27-. The number of oxime groups is 1. The quantitative estimate of drug-likeness (QED) is 0.290. The van der Waals surface area contributed by atoms with Crippen LogP contribution in [0.1, 0.15) is 60.2 Å². The van der Waals surface area contributed by atoms with Crippen LogP contribution in [0.5, 0.6) is 0 Å². The number of aromatic carboxylic acids is 1. The van der Waals surface area contributed by atoms with Crippen molar-refractivity contribution < 1.29 is 15.1 Å². The zero-order valence-electron chi connectivity index (χ0n) is 19.5. The van der Waals surface area contributed by atoms with Crippen LogP contribution in [-0.2, 0) is 0 Å². The minimum absolute atomic E-state index is 0.0588. The first-order valence-electron chi connectivity index (χ1n) is 11.1. The number of benzene rings is 2. The van der Waals surface area contributed by atoms with E-state index in [1.165, 1.54) is 16.7 Å². The molecule has 4 nitrogen and oxygen atoms in total. The minimum atomic E-state index is -0.957. The Labute approximate surface area is 196 Å². The molecule has 0 atom stereocenters. The fourth-order valence-electron chi connectivity index (χ4n) is 3.63. The molecule has 3 rings (SSSR count). The van der Waals surface area contributed by atoms with Crippen molar-refractivity contribution in [1.82, 2.24) is 0 Å². The Morgan fingerprint density at radius 2 is 1.67 bits per heavy atom. The summed E-state index contributed by atoms with van der Waals surface area (Å²) in [5.74, 6) is -0.957. The Kier molecular flexibility index (Phi) is 7.83. The summed E-state index contributed by atoms with van der Waals surface area (Å²) < 4.78 is 0. The fraction of sp³-hybridized carbons (Fsp3) is 0.241. The van der Waals surface area contributed by atoms with E-state index in [0.29, 0.717) is 5.71 Å². The molecule has 1 aliphatic carbocycles. The first kappa shape index (κ1) is 24.0. The van der Waals surface area contributed by atoms with Crippen LogP contribution >= 0.6 is 0 Å². The molecular formula is C29H31NO3. The molecule has 2 N–H and O–H groups in total. The van der Waals surface area contributed by atoms with Gasteiger partial charge in [0.25, 0.3) is 0 Å². The monoisotopic (exact) mass is 441 g/mol. The highest BCUT2D eigenvalue weighted by molar-refractivity contribution is 6.12. The van der Waals surface area contributed by atoms with Crippen molar-refractivity contribution in [3.8, 4) is 0 Å². The van der Waals surface area contributed by atoms with E-state index >= 15 is 0 Å². The average Bonchev–Trinajstić information content (AvgIpc) is 2.80. The number of hydrogen-bond acceptors (Lipinski definition) is 3. The van der Waals surface area contributed by atoms with Gasteiger partial charge in [-0.2, -0.15) is 0 Å². The second kappa shape index (κ2) is 10.8. The van der Waals surface area contributed by atoms with Crippen LogP contribution in [0, 0.1) is 12.3 Å². The predicted molar refractivity (Wildman–Crippen MR) is 136 cm³/mol. The van der Waals surface area contributed by atoms with E-state index in [2.05, 4.69) is 68.4 Å². The predicted octanol–water partition coefficient (Wildman–Crippen LogP) is 7.31. The molecule has 0 heterocycles. The summed E-state index contributed by atoms with van der Waals surface area (Å²) in [7, 11) is 0. The molecule has 2 aromatic carbocycles. The average molecular weight is 442 g/mol. The van der Waals surface area contributed by atoms with Gasteiger partial charge in [0.1, 0.15) is 5.71 Å². The number of nitrogens with zero attached hydrogens (tertiary/aromatic N) is 1.